The van der Waals surface area contributed by atoms with Gasteiger partial charge in [-0.3, -0.25) is 10.1 Å². The van der Waals surface area contributed by atoms with Crippen molar-refractivity contribution < 1.29 is 14.1 Å². The quantitative estimate of drug-likeness (QED) is 0.477. The normalized spacial score (nSPS) is 10.6. The Morgan fingerprint density at radius 3 is 2.83 bits per heavy atom. The lowest BCUT2D eigenvalue weighted by Gasteiger charge is -2.04. The third-order valence-electron chi connectivity index (χ3n) is 3.20. The van der Waals surface area contributed by atoms with Crippen LogP contribution < -0.4 is 4.74 Å². The number of nitrogens with zero attached hydrogens (tertiary/aromatic N) is 3. The Morgan fingerprint density at radius 2 is 2.08 bits per heavy atom. The molecule has 122 valence electrons. The molecular formula is C16H12BrN3O4. The van der Waals surface area contributed by atoms with Crippen LogP contribution in [-0.4, -0.2) is 15.1 Å². The third-order valence-corrected chi connectivity index (χ3v) is 3.69. The number of hydrogen-bond donors (Lipinski definition) is 0. The van der Waals surface area contributed by atoms with Crippen molar-refractivity contribution in [2.45, 2.75) is 13.5 Å². The van der Waals surface area contributed by atoms with Crippen molar-refractivity contribution in [1.82, 2.24) is 10.2 Å². The van der Waals surface area contributed by atoms with Gasteiger partial charge in [0.1, 0.15) is 0 Å². The molecule has 0 fully saturated rings. The summed E-state index contributed by atoms with van der Waals surface area (Å²) in [6.07, 6.45) is 0. The SMILES string of the molecule is Cc1ccc(OCc2nnc(-c3cccc(Br)c3)o2)c([N+](=O)[O-])c1. The first-order chi connectivity index (χ1) is 11.5. The van der Waals surface area contributed by atoms with E-state index < -0.39 is 4.92 Å². The van der Waals surface area contributed by atoms with Crippen molar-refractivity contribution in [3.05, 3.63) is 68.5 Å². The molecule has 3 aromatic rings. The molecule has 1 heterocycles. The molecule has 0 saturated carbocycles. The second-order valence-electron chi connectivity index (χ2n) is 5.03. The zero-order valence-corrected chi connectivity index (χ0v) is 14.2. The molecule has 0 N–H and O–H groups in total. The van der Waals surface area contributed by atoms with Crippen LogP contribution >= 0.6 is 15.9 Å². The molecule has 0 amide bonds. The summed E-state index contributed by atoms with van der Waals surface area (Å²) in [4.78, 5) is 10.6. The van der Waals surface area contributed by atoms with Gasteiger partial charge in [0.2, 0.25) is 5.89 Å². The van der Waals surface area contributed by atoms with Crippen molar-refractivity contribution in [2.24, 2.45) is 0 Å². The van der Waals surface area contributed by atoms with Crippen LogP contribution in [0.25, 0.3) is 11.5 Å². The van der Waals surface area contributed by atoms with Gasteiger partial charge in [-0.15, -0.1) is 10.2 Å². The van der Waals surface area contributed by atoms with E-state index in [0.29, 0.717) is 5.89 Å². The van der Waals surface area contributed by atoms with Crippen LogP contribution in [0.3, 0.4) is 0 Å². The molecular weight excluding hydrogens is 378 g/mol. The number of aromatic nitrogens is 2. The van der Waals surface area contributed by atoms with Crippen LogP contribution in [0, 0.1) is 17.0 Å². The summed E-state index contributed by atoms with van der Waals surface area (Å²) in [5.41, 5.74) is 1.45. The predicted octanol–water partition coefficient (Wildman–Crippen LogP) is 4.29. The fraction of sp³-hybridized carbons (Fsp3) is 0.125. The predicted molar refractivity (Wildman–Crippen MR) is 89.6 cm³/mol. The summed E-state index contributed by atoms with van der Waals surface area (Å²) < 4.78 is 11.9. The van der Waals surface area contributed by atoms with Crippen LogP contribution in [0.1, 0.15) is 11.5 Å². The molecule has 0 aliphatic heterocycles. The van der Waals surface area contributed by atoms with E-state index in [-0.39, 0.29) is 23.9 Å². The fourth-order valence-electron chi connectivity index (χ4n) is 2.08. The summed E-state index contributed by atoms with van der Waals surface area (Å²) in [6, 6.07) is 12.2. The molecule has 8 heteroatoms. The van der Waals surface area contributed by atoms with Gasteiger partial charge in [0, 0.05) is 16.1 Å². The average Bonchev–Trinajstić information content (AvgIpc) is 3.02. The summed E-state index contributed by atoms with van der Waals surface area (Å²) in [7, 11) is 0. The largest absolute Gasteiger partial charge is 0.477 e. The smallest absolute Gasteiger partial charge is 0.311 e. The highest BCUT2D eigenvalue weighted by molar-refractivity contribution is 9.10. The van der Waals surface area contributed by atoms with Gasteiger partial charge in [0.25, 0.3) is 5.89 Å². The Bertz CT molecular complexity index is 895. The van der Waals surface area contributed by atoms with Gasteiger partial charge in [-0.25, -0.2) is 0 Å². The summed E-state index contributed by atoms with van der Waals surface area (Å²) in [5, 5.41) is 18.9. The number of benzene rings is 2. The maximum atomic E-state index is 11.1. The lowest BCUT2D eigenvalue weighted by Crippen LogP contribution is -1.99. The third kappa shape index (κ3) is 3.60. The molecule has 0 aliphatic rings. The second kappa shape index (κ2) is 6.79. The molecule has 2 aromatic carbocycles. The molecule has 0 bridgehead atoms. The van der Waals surface area contributed by atoms with Gasteiger partial charge in [0.15, 0.2) is 12.4 Å². The lowest BCUT2D eigenvalue weighted by molar-refractivity contribution is -0.386. The second-order valence-corrected chi connectivity index (χ2v) is 5.94. The van der Waals surface area contributed by atoms with Crippen LogP contribution in [0.15, 0.2) is 51.4 Å². The van der Waals surface area contributed by atoms with E-state index in [1.807, 2.05) is 24.3 Å². The summed E-state index contributed by atoms with van der Waals surface area (Å²) in [5.74, 6) is 0.751. The first-order valence-electron chi connectivity index (χ1n) is 6.99. The van der Waals surface area contributed by atoms with Crippen LogP contribution in [0.4, 0.5) is 5.69 Å². The topological polar surface area (TPSA) is 91.3 Å². The zero-order valence-electron chi connectivity index (χ0n) is 12.6. The number of hydrogen-bond acceptors (Lipinski definition) is 6. The Labute approximate surface area is 145 Å². The van der Waals surface area contributed by atoms with Gasteiger partial charge in [-0.05, 0) is 36.8 Å². The maximum absolute atomic E-state index is 11.1. The van der Waals surface area contributed by atoms with Crippen molar-refractivity contribution in [3.63, 3.8) is 0 Å². The number of halogens is 1. The molecule has 1 aromatic heterocycles. The van der Waals surface area contributed by atoms with E-state index in [2.05, 4.69) is 26.1 Å². The van der Waals surface area contributed by atoms with E-state index >= 15 is 0 Å². The molecule has 3 rings (SSSR count). The van der Waals surface area contributed by atoms with Gasteiger partial charge in [-0.1, -0.05) is 28.1 Å². The van der Waals surface area contributed by atoms with Crippen LogP contribution in [0.2, 0.25) is 0 Å². The Kier molecular flexibility index (Phi) is 4.57. The monoisotopic (exact) mass is 389 g/mol. The molecule has 0 spiro atoms. The Morgan fingerprint density at radius 1 is 1.25 bits per heavy atom. The highest BCUT2D eigenvalue weighted by Gasteiger charge is 2.16. The standard InChI is InChI=1S/C16H12BrN3O4/c1-10-5-6-14(13(7-10)20(21)22)23-9-15-18-19-16(24-15)11-3-2-4-12(17)8-11/h2-8H,9H2,1H3. The molecule has 7 nitrogen and oxygen atoms in total. The van der Waals surface area contributed by atoms with Gasteiger partial charge >= 0.3 is 5.69 Å². The Balaban J connectivity index is 1.76. The van der Waals surface area contributed by atoms with Gasteiger partial charge < -0.3 is 9.15 Å². The first kappa shape index (κ1) is 16.1. The minimum absolute atomic E-state index is 0.0507. The van der Waals surface area contributed by atoms with Crippen LogP contribution in [0.5, 0.6) is 5.75 Å². The maximum Gasteiger partial charge on any atom is 0.311 e. The average molecular weight is 390 g/mol. The molecule has 0 saturated heterocycles. The molecule has 0 aliphatic carbocycles. The van der Waals surface area contributed by atoms with Crippen molar-refractivity contribution in [1.29, 1.82) is 0 Å². The summed E-state index contributed by atoms with van der Waals surface area (Å²) >= 11 is 3.38. The van der Waals surface area contributed by atoms with Gasteiger partial charge in [-0.2, -0.15) is 0 Å². The highest BCUT2D eigenvalue weighted by Crippen LogP contribution is 2.29. The molecule has 0 unspecified atom stereocenters. The number of rotatable bonds is 5. The number of nitro groups is 1. The zero-order chi connectivity index (χ0) is 17.1. The van der Waals surface area contributed by atoms with E-state index in [1.54, 1.807) is 19.1 Å². The Hall–Kier alpha value is -2.74. The molecule has 0 radical (unpaired) electrons. The number of aryl methyl sites for hydroxylation is 1. The summed E-state index contributed by atoms with van der Waals surface area (Å²) in [6.45, 7) is 1.73. The van der Waals surface area contributed by atoms with Gasteiger partial charge in [0.05, 0.1) is 4.92 Å². The first-order valence-corrected chi connectivity index (χ1v) is 7.78. The number of ether oxygens (including phenoxy) is 1. The molecule has 24 heavy (non-hydrogen) atoms. The van der Waals surface area contributed by atoms with Crippen LogP contribution in [-0.2, 0) is 6.61 Å². The lowest BCUT2D eigenvalue weighted by atomic mass is 10.2. The van der Waals surface area contributed by atoms with Crippen molar-refractivity contribution in [2.75, 3.05) is 0 Å². The minimum Gasteiger partial charge on any atom is -0.477 e. The molecule has 0 atom stereocenters. The van der Waals surface area contributed by atoms with E-state index in [4.69, 9.17) is 9.15 Å². The van der Waals surface area contributed by atoms with E-state index in [9.17, 15) is 10.1 Å². The minimum atomic E-state index is -0.483. The highest BCUT2D eigenvalue weighted by atomic mass is 79.9. The fourth-order valence-corrected chi connectivity index (χ4v) is 2.48. The van der Waals surface area contributed by atoms with E-state index in [1.165, 1.54) is 6.07 Å². The van der Waals surface area contributed by atoms with Crippen molar-refractivity contribution in [3.8, 4) is 17.2 Å². The number of nitro benzene ring substituents is 1. The van der Waals surface area contributed by atoms with E-state index in [0.717, 1.165) is 15.6 Å². The van der Waals surface area contributed by atoms with Crippen molar-refractivity contribution >= 4 is 21.6 Å².